The standard InChI is InChI=1S/C28H25N7O2S/c1-16(36)24-7-8-25(38-24)19-5-4-6-21-26(19)32-28(31-21)27-20-12-22(30-15-23(20)33-34-27)17-11-18(14-29-13-17)37-10-9-35(2)3/h4-8,11-15H,9-10H2,1-3H3,(H,31,32)(H,33,34). The zero-order valence-electron chi connectivity index (χ0n) is 21.1. The first-order valence-electron chi connectivity index (χ1n) is 12.1. The van der Waals surface area contributed by atoms with Crippen molar-refractivity contribution in [2.75, 3.05) is 27.2 Å². The molecule has 5 aromatic heterocycles. The number of hydrogen-bond donors (Lipinski definition) is 2. The molecule has 0 fully saturated rings. The van der Waals surface area contributed by atoms with Crippen LogP contribution in [-0.4, -0.2) is 68.1 Å². The number of aromatic amines is 2. The molecule has 9 nitrogen and oxygen atoms in total. The summed E-state index contributed by atoms with van der Waals surface area (Å²) < 4.78 is 5.86. The van der Waals surface area contributed by atoms with Crippen LogP contribution in [0.15, 0.2) is 61.1 Å². The number of ether oxygens (including phenoxy) is 1. The summed E-state index contributed by atoms with van der Waals surface area (Å²) in [6.07, 6.45) is 5.25. The number of aromatic nitrogens is 6. The van der Waals surface area contributed by atoms with E-state index in [1.807, 2.05) is 56.6 Å². The van der Waals surface area contributed by atoms with Crippen molar-refractivity contribution in [3.05, 3.63) is 65.9 Å². The molecule has 0 saturated heterocycles. The van der Waals surface area contributed by atoms with Gasteiger partial charge in [-0.2, -0.15) is 5.10 Å². The van der Waals surface area contributed by atoms with Crippen molar-refractivity contribution in [1.82, 2.24) is 35.0 Å². The molecular weight excluding hydrogens is 498 g/mol. The third-order valence-corrected chi connectivity index (χ3v) is 7.44. The van der Waals surface area contributed by atoms with E-state index in [1.54, 1.807) is 25.5 Å². The Morgan fingerprint density at radius 2 is 1.97 bits per heavy atom. The molecule has 0 amide bonds. The fraction of sp³-hybridized carbons (Fsp3) is 0.179. The largest absolute Gasteiger partial charge is 0.491 e. The fourth-order valence-corrected chi connectivity index (χ4v) is 5.18. The van der Waals surface area contributed by atoms with Crippen molar-refractivity contribution in [3.63, 3.8) is 0 Å². The highest BCUT2D eigenvalue weighted by molar-refractivity contribution is 7.17. The second kappa shape index (κ2) is 9.81. The van der Waals surface area contributed by atoms with Crippen molar-refractivity contribution in [2.24, 2.45) is 0 Å². The molecule has 38 heavy (non-hydrogen) atoms. The van der Waals surface area contributed by atoms with E-state index < -0.39 is 0 Å². The zero-order valence-corrected chi connectivity index (χ0v) is 22.0. The fourth-order valence-electron chi connectivity index (χ4n) is 4.25. The molecule has 0 aliphatic heterocycles. The monoisotopic (exact) mass is 523 g/mol. The first-order chi connectivity index (χ1) is 18.5. The predicted molar refractivity (Wildman–Crippen MR) is 150 cm³/mol. The van der Waals surface area contributed by atoms with Crippen LogP contribution >= 0.6 is 11.3 Å². The minimum Gasteiger partial charge on any atom is -0.491 e. The van der Waals surface area contributed by atoms with Gasteiger partial charge in [-0.05, 0) is 51.4 Å². The average Bonchev–Trinajstić information content (AvgIpc) is 3.66. The highest BCUT2D eigenvalue weighted by atomic mass is 32.1. The maximum Gasteiger partial charge on any atom is 0.169 e. The average molecular weight is 524 g/mol. The molecule has 6 aromatic rings. The number of ketones is 1. The number of para-hydroxylation sites is 1. The summed E-state index contributed by atoms with van der Waals surface area (Å²) in [5, 5.41) is 8.52. The van der Waals surface area contributed by atoms with Crippen LogP contribution in [0.2, 0.25) is 0 Å². The number of benzene rings is 1. The Hall–Kier alpha value is -4.41. The van der Waals surface area contributed by atoms with Crippen molar-refractivity contribution in [3.8, 4) is 39.0 Å². The molecule has 0 aliphatic rings. The van der Waals surface area contributed by atoms with Gasteiger partial charge in [-0.25, -0.2) is 4.98 Å². The quantitative estimate of drug-likeness (QED) is 0.256. The Balaban J connectivity index is 1.37. The summed E-state index contributed by atoms with van der Waals surface area (Å²) in [6.45, 7) is 2.97. The topological polar surface area (TPSA) is 113 Å². The van der Waals surface area contributed by atoms with E-state index in [1.165, 1.54) is 11.3 Å². The second-order valence-corrected chi connectivity index (χ2v) is 10.3. The molecule has 2 N–H and O–H groups in total. The number of H-pyrrole nitrogens is 2. The van der Waals surface area contributed by atoms with Gasteiger partial charge >= 0.3 is 0 Å². The summed E-state index contributed by atoms with van der Waals surface area (Å²) in [7, 11) is 4.02. The van der Waals surface area contributed by atoms with E-state index >= 15 is 0 Å². The van der Waals surface area contributed by atoms with E-state index in [0.29, 0.717) is 23.9 Å². The third kappa shape index (κ3) is 4.55. The number of thiophene rings is 1. The SMILES string of the molecule is CC(=O)c1ccc(-c2cccc3[nH]c(-c4n[nH]c5cnc(-c6cncc(OCCN(C)C)c6)cc45)nc23)s1. The Labute approximate surface area is 222 Å². The van der Waals surface area contributed by atoms with Gasteiger partial charge in [0.15, 0.2) is 11.6 Å². The second-order valence-electron chi connectivity index (χ2n) is 9.26. The van der Waals surface area contributed by atoms with Gasteiger partial charge in [-0.15, -0.1) is 11.3 Å². The van der Waals surface area contributed by atoms with E-state index in [9.17, 15) is 4.79 Å². The van der Waals surface area contributed by atoms with Gasteiger partial charge in [0.1, 0.15) is 18.1 Å². The summed E-state index contributed by atoms with van der Waals surface area (Å²) in [6, 6.07) is 13.8. The van der Waals surface area contributed by atoms with Crippen LogP contribution in [-0.2, 0) is 0 Å². The van der Waals surface area contributed by atoms with Gasteiger partial charge in [0.2, 0.25) is 0 Å². The smallest absolute Gasteiger partial charge is 0.169 e. The number of fused-ring (bicyclic) bond motifs is 2. The number of nitrogens with zero attached hydrogens (tertiary/aromatic N) is 5. The molecule has 0 bridgehead atoms. The normalized spacial score (nSPS) is 11.6. The molecule has 190 valence electrons. The number of imidazole rings is 1. The van der Waals surface area contributed by atoms with Crippen molar-refractivity contribution >= 4 is 39.1 Å². The molecule has 1 aromatic carbocycles. The highest BCUT2D eigenvalue weighted by Crippen LogP contribution is 2.35. The van der Waals surface area contributed by atoms with Crippen LogP contribution in [0.5, 0.6) is 5.75 Å². The molecule has 5 heterocycles. The number of nitrogens with one attached hydrogen (secondary N) is 2. The maximum absolute atomic E-state index is 11.8. The number of carbonyl (C=O) groups excluding carboxylic acids is 1. The molecule has 0 unspecified atom stereocenters. The summed E-state index contributed by atoms with van der Waals surface area (Å²) in [5.41, 5.74) is 5.82. The molecule has 10 heteroatoms. The lowest BCUT2D eigenvalue weighted by molar-refractivity contribution is 0.102. The first-order valence-corrected chi connectivity index (χ1v) is 13.0. The highest BCUT2D eigenvalue weighted by Gasteiger charge is 2.17. The van der Waals surface area contributed by atoms with E-state index in [0.717, 1.165) is 55.1 Å². The number of pyridine rings is 2. The maximum atomic E-state index is 11.8. The Morgan fingerprint density at radius 3 is 2.79 bits per heavy atom. The lowest BCUT2D eigenvalue weighted by Crippen LogP contribution is -2.19. The Bertz CT molecular complexity index is 1780. The molecule has 0 atom stereocenters. The molecule has 0 saturated carbocycles. The van der Waals surface area contributed by atoms with Crippen molar-refractivity contribution in [1.29, 1.82) is 0 Å². The Kier molecular flexibility index (Phi) is 6.18. The predicted octanol–water partition coefficient (Wildman–Crippen LogP) is 5.43. The van der Waals surface area contributed by atoms with Crippen LogP contribution in [0.1, 0.15) is 16.6 Å². The lowest BCUT2D eigenvalue weighted by atomic mass is 10.1. The van der Waals surface area contributed by atoms with Crippen LogP contribution in [0.4, 0.5) is 0 Å². The first kappa shape index (κ1) is 24.0. The number of carbonyl (C=O) groups is 1. The number of hydrogen-bond acceptors (Lipinski definition) is 8. The van der Waals surface area contributed by atoms with Gasteiger partial charge in [-0.1, -0.05) is 12.1 Å². The minimum atomic E-state index is 0.0596. The van der Waals surface area contributed by atoms with Crippen LogP contribution in [0.3, 0.4) is 0 Å². The van der Waals surface area contributed by atoms with Gasteiger partial charge in [0.25, 0.3) is 0 Å². The zero-order chi connectivity index (χ0) is 26.2. The molecule has 0 radical (unpaired) electrons. The number of rotatable bonds is 8. The lowest BCUT2D eigenvalue weighted by Gasteiger charge is -2.11. The third-order valence-electron chi connectivity index (χ3n) is 6.22. The minimum absolute atomic E-state index is 0.0596. The van der Waals surface area contributed by atoms with Gasteiger partial charge in [-0.3, -0.25) is 19.9 Å². The number of Topliss-reactive ketones (excluding diaryl/α,β-unsaturated/α-hetero) is 1. The summed E-state index contributed by atoms with van der Waals surface area (Å²) in [4.78, 5) is 32.9. The van der Waals surface area contributed by atoms with Gasteiger partial charge in [0.05, 0.1) is 39.5 Å². The molecular formula is C28H25N7O2S. The van der Waals surface area contributed by atoms with Crippen LogP contribution in [0.25, 0.3) is 55.2 Å². The summed E-state index contributed by atoms with van der Waals surface area (Å²) in [5.74, 6) is 1.41. The molecule has 6 rings (SSSR count). The Morgan fingerprint density at radius 1 is 1.08 bits per heavy atom. The number of likely N-dealkylation sites (N-methyl/N-ethyl adjacent to an activating group) is 1. The van der Waals surface area contributed by atoms with Gasteiger partial charge < -0.3 is 14.6 Å². The van der Waals surface area contributed by atoms with E-state index in [2.05, 4.69) is 30.0 Å². The van der Waals surface area contributed by atoms with Crippen molar-refractivity contribution in [2.45, 2.75) is 6.92 Å². The molecule has 0 aliphatic carbocycles. The van der Waals surface area contributed by atoms with E-state index in [4.69, 9.17) is 9.72 Å². The summed E-state index contributed by atoms with van der Waals surface area (Å²) >= 11 is 1.47. The van der Waals surface area contributed by atoms with E-state index in [-0.39, 0.29) is 5.78 Å². The van der Waals surface area contributed by atoms with Crippen LogP contribution < -0.4 is 4.74 Å². The van der Waals surface area contributed by atoms with Gasteiger partial charge in [0, 0.05) is 34.1 Å². The van der Waals surface area contributed by atoms with Crippen molar-refractivity contribution < 1.29 is 9.53 Å². The van der Waals surface area contributed by atoms with Crippen LogP contribution in [0, 0.1) is 0 Å². The molecule has 0 spiro atoms.